The largest absolute Gasteiger partial charge is 0.437 e. The van der Waals surface area contributed by atoms with Crippen molar-refractivity contribution in [2.75, 3.05) is 0 Å². The fourth-order valence-corrected chi connectivity index (χ4v) is 1.57. The molecular weight excluding hydrogens is 236 g/mol. The molecule has 84 valence electrons. The van der Waals surface area contributed by atoms with Gasteiger partial charge in [-0.3, -0.25) is 0 Å². The van der Waals surface area contributed by atoms with Gasteiger partial charge in [0.1, 0.15) is 5.75 Å². The Balaban J connectivity index is 2.34. The monoisotopic (exact) mass is 244 g/mol. The molecule has 0 N–H and O–H groups in total. The minimum Gasteiger partial charge on any atom is -0.437 e. The highest BCUT2D eigenvalue weighted by molar-refractivity contribution is 6.32. The quantitative estimate of drug-likeness (QED) is 0.809. The number of hydrogen-bond donors (Lipinski definition) is 0. The molecule has 1 aromatic carbocycles. The average Bonchev–Trinajstić information content (AvgIpc) is 2.31. The number of para-hydroxylation sites is 1. The molecule has 2 aromatic rings. The molecule has 0 aliphatic carbocycles. The summed E-state index contributed by atoms with van der Waals surface area (Å²) in [5, 5.41) is 9.36. The molecule has 0 amide bonds. The van der Waals surface area contributed by atoms with Crippen LogP contribution in [0, 0.1) is 18.3 Å². The normalized spacial score (nSPS) is 9.71. The van der Waals surface area contributed by atoms with Crippen LogP contribution in [0.2, 0.25) is 5.02 Å². The van der Waals surface area contributed by atoms with Gasteiger partial charge in [0.15, 0.2) is 0 Å². The predicted octanol–water partition coefficient (Wildman–Crippen LogP) is 3.71. The van der Waals surface area contributed by atoms with E-state index in [-0.39, 0.29) is 0 Å². The highest BCUT2D eigenvalue weighted by atomic mass is 35.5. The summed E-state index contributed by atoms with van der Waals surface area (Å²) in [5.41, 5.74) is 1.24. The molecule has 1 aromatic heterocycles. The van der Waals surface area contributed by atoms with Crippen LogP contribution in [0.15, 0.2) is 36.4 Å². The SMILES string of the molecule is Cc1cc(C#N)cc(Oc2ccccc2Cl)n1. The summed E-state index contributed by atoms with van der Waals surface area (Å²) in [5.74, 6) is 0.894. The maximum atomic E-state index is 8.85. The van der Waals surface area contributed by atoms with Gasteiger partial charge in [-0.05, 0) is 25.1 Å². The van der Waals surface area contributed by atoms with Crippen molar-refractivity contribution in [2.45, 2.75) is 6.92 Å². The van der Waals surface area contributed by atoms with Gasteiger partial charge >= 0.3 is 0 Å². The number of halogens is 1. The summed E-state index contributed by atoms with van der Waals surface area (Å²) in [6.07, 6.45) is 0. The minimum absolute atomic E-state index is 0.370. The Labute approximate surface area is 104 Å². The third-order valence-corrected chi connectivity index (χ3v) is 2.42. The molecule has 4 heteroatoms. The number of rotatable bonds is 2. The molecule has 17 heavy (non-hydrogen) atoms. The fraction of sp³-hybridized carbons (Fsp3) is 0.0769. The van der Waals surface area contributed by atoms with Crippen LogP contribution in [-0.2, 0) is 0 Å². The van der Waals surface area contributed by atoms with Gasteiger partial charge in [-0.1, -0.05) is 23.7 Å². The van der Waals surface area contributed by atoms with E-state index in [0.717, 1.165) is 5.69 Å². The number of aryl methyl sites for hydroxylation is 1. The topological polar surface area (TPSA) is 45.9 Å². The molecule has 0 unspecified atom stereocenters. The molecule has 0 saturated heterocycles. The number of ether oxygens (including phenoxy) is 1. The first-order valence-corrected chi connectivity index (χ1v) is 5.38. The van der Waals surface area contributed by atoms with Gasteiger partial charge in [0.25, 0.3) is 0 Å². The van der Waals surface area contributed by atoms with Crippen molar-refractivity contribution in [3.05, 3.63) is 52.7 Å². The van der Waals surface area contributed by atoms with Crippen LogP contribution < -0.4 is 4.74 Å². The van der Waals surface area contributed by atoms with Crippen LogP contribution in [0.5, 0.6) is 11.6 Å². The van der Waals surface area contributed by atoms with Gasteiger partial charge in [-0.2, -0.15) is 5.26 Å². The summed E-state index contributed by atoms with van der Waals surface area (Å²) in [6.45, 7) is 1.81. The van der Waals surface area contributed by atoms with Crippen molar-refractivity contribution in [3.8, 4) is 17.7 Å². The number of aromatic nitrogens is 1. The van der Waals surface area contributed by atoms with Gasteiger partial charge in [-0.15, -0.1) is 0 Å². The maximum absolute atomic E-state index is 8.85. The summed E-state index contributed by atoms with van der Waals surface area (Å²) in [4.78, 5) is 4.19. The van der Waals surface area contributed by atoms with Crippen LogP contribution in [0.25, 0.3) is 0 Å². The van der Waals surface area contributed by atoms with Gasteiger partial charge in [-0.25, -0.2) is 4.98 Å². The van der Waals surface area contributed by atoms with Crippen LogP contribution in [0.4, 0.5) is 0 Å². The van der Waals surface area contributed by atoms with E-state index in [1.807, 2.05) is 12.1 Å². The molecule has 0 aliphatic rings. The Morgan fingerprint density at radius 2 is 2.06 bits per heavy atom. The molecule has 0 fully saturated rings. The van der Waals surface area contributed by atoms with Crippen molar-refractivity contribution in [3.63, 3.8) is 0 Å². The average molecular weight is 245 g/mol. The molecular formula is C13H9ClN2O. The first-order valence-electron chi connectivity index (χ1n) is 5.00. The molecule has 0 saturated carbocycles. The second kappa shape index (κ2) is 4.86. The third-order valence-electron chi connectivity index (χ3n) is 2.11. The summed E-state index contributed by atoms with van der Waals surface area (Å²) in [6, 6.07) is 12.5. The fourth-order valence-electron chi connectivity index (χ4n) is 1.40. The lowest BCUT2D eigenvalue weighted by atomic mass is 10.2. The maximum Gasteiger partial charge on any atom is 0.220 e. The molecule has 2 rings (SSSR count). The zero-order valence-corrected chi connectivity index (χ0v) is 9.90. The van der Waals surface area contributed by atoms with Gasteiger partial charge < -0.3 is 4.74 Å². The molecule has 0 radical (unpaired) electrons. The van der Waals surface area contributed by atoms with E-state index >= 15 is 0 Å². The van der Waals surface area contributed by atoms with Gasteiger partial charge in [0, 0.05) is 11.8 Å². The van der Waals surface area contributed by atoms with Crippen molar-refractivity contribution >= 4 is 11.6 Å². The lowest BCUT2D eigenvalue weighted by molar-refractivity contribution is 0.461. The first kappa shape index (κ1) is 11.4. The Kier molecular flexibility index (Phi) is 3.27. The Morgan fingerprint density at radius 1 is 1.29 bits per heavy atom. The Morgan fingerprint density at radius 3 is 2.76 bits per heavy atom. The second-order valence-electron chi connectivity index (χ2n) is 3.48. The van der Waals surface area contributed by atoms with Crippen molar-refractivity contribution in [1.29, 1.82) is 5.26 Å². The number of pyridine rings is 1. The highest BCUT2D eigenvalue weighted by Crippen LogP contribution is 2.28. The van der Waals surface area contributed by atoms with E-state index in [1.165, 1.54) is 0 Å². The molecule has 0 atom stereocenters. The molecule has 3 nitrogen and oxygen atoms in total. The Hall–Kier alpha value is -2.05. The molecule has 1 heterocycles. The first-order chi connectivity index (χ1) is 8.19. The summed E-state index contributed by atoms with van der Waals surface area (Å²) >= 11 is 5.97. The van der Waals surface area contributed by atoms with E-state index in [2.05, 4.69) is 11.1 Å². The van der Waals surface area contributed by atoms with Crippen molar-refractivity contribution in [1.82, 2.24) is 4.98 Å². The standard InChI is InChI=1S/C13H9ClN2O/c1-9-6-10(8-15)7-13(16-9)17-12-5-3-2-4-11(12)14/h2-7H,1H3. The third kappa shape index (κ3) is 2.74. The zero-order valence-electron chi connectivity index (χ0n) is 9.14. The summed E-state index contributed by atoms with van der Waals surface area (Å²) < 4.78 is 5.54. The molecule has 0 aliphatic heterocycles. The van der Waals surface area contributed by atoms with Crippen LogP contribution in [-0.4, -0.2) is 4.98 Å². The number of hydrogen-bond acceptors (Lipinski definition) is 3. The lowest BCUT2D eigenvalue weighted by Gasteiger charge is -2.07. The van der Waals surface area contributed by atoms with E-state index in [1.54, 1.807) is 31.2 Å². The number of benzene rings is 1. The Bertz CT molecular complexity index is 590. The van der Waals surface area contributed by atoms with Gasteiger partial charge in [0.2, 0.25) is 5.88 Å². The highest BCUT2D eigenvalue weighted by Gasteiger charge is 2.05. The lowest BCUT2D eigenvalue weighted by Crippen LogP contribution is -1.92. The predicted molar refractivity (Wildman–Crippen MR) is 65.2 cm³/mol. The minimum atomic E-state index is 0.370. The van der Waals surface area contributed by atoms with E-state index in [0.29, 0.717) is 22.2 Å². The molecule has 0 bridgehead atoms. The van der Waals surface area contributed by atoms with Crippen LogP contribution in [0.3, 0.4) is 0 Å². The smallest absolute Gasteiger partial charge is 0.220 e. The van der Waals surface area contributed by atoms with Crippen LogP contribution >= 0.6 is 11.6 Å². The van der Waals surface area contributed by atoms with E-state index < -0.39 is 0 Å². The number of nitriles is 1. The van der Waals surface area contributed by atoms with Crippen molar-refractivity contribution in [2.24, 2.45) is 0 Å². The van der Waals surface area contributed by atoms with Crippen molar-refractivity contribution < 1.29 is 4.74 Å². The van der Waals surface area contributed by atoms with Gasteiger partial charge in [0.05, 0.1) is 16.7 Å². The van der Waals surface area contributed by atoms with E-state index in [9.17, 15) is 0 Å². The van der Waals surface area contributed by atoms with Crippen LogP contribution in [0.1, 0.15) is 11.3 Å². The zero-order chi connectivity index (χ0) is 12.3. The summed E-state index contributed by atoms with van der Waals surface area (Å²) in [7, 11) is 0. The second-order valence-corrected chi connectivity index (χ2v) is 3.89. The van der Waals surface area contributed by atoms with E-state index in [4.69, 9.17) is 21.6 Å². The number of nitrogens with zero attached hydrogens (tertiary/aromatic N) is 2. The molecule has 0 spiro atoms.